The molecule has 0 bridgehead atoms. The van der Waals surface area contributed by atoms with Crippen LogP contribution in [0, 0.1) is 0 Å². The molecule has 1 unspecified atom stereocenters. The summed E-state index contributed by atoms with van der Waals surface area (Å²) in [5.41, 5.74) is 1.50. The Labute approximate surface area is 115 Å². The van der Waals surface area contributed by atoms with Gasteiger partial charge < -0.3 is 10.4 Å². The summed E-state index contributed by atoms with van der Waals surface area (Å²) in [4.78, 5) is 11.7. The van der Waals surface area contributed by atoms with Crippen molar-refractivity contribution in [2.45, 2.75) is 44.4 Å². The number of hydrogen-bond acceptors (Lipinski definition) is 2. The molecule has 1 saturated heterocycles. The average Bonchev–Trinajstić information content (AvgIpc) is 2.38. The SMILES string of the molecule is CC(C)(C)c1ccc(C2(C(=O)O)CCCNC2)cc1. The molecule has 0 aromatic heterocycles. The molecule has 3 heteroatoms. The number of hydrogen-bond donors (Lipinski definition) is 2. The van der Waals surface area contributed by atoms with E-state index in [0.717, 1.165) is 18.5 Å². The number of carboxylic acid groups (broad SMARTS) is 1. The van der Waals surface area contributed by atoms with Gasteiger partial charge in [0.05, 0.1) is 0 Å². The summed E-state index contributed by atoms with van der Waals surface area (Å²) in [5, 5.41) is 12.9. The predicted octanol–water partition coefficient (Wildman–Crippen LogP) is 2.69. The summed E-state index contributed by atoms with van der Waals surface area (Å²) >= 11 is 0. The van der Waals surface area contributed by atoms with Crippen LogP contribution in [0.4, 0.5) is 0 Å². The van der Waals surface area contributed by atoms with Crippen molar-refractivity contribution in [3.63, 3.8) is 0 Å². The van der Waals surface area contributed by atoms with Gasteiger partial charge in [-0.2, -0.15) is 0 Å². The monoisotopic (exact) mass is 261 g/mol. The van der Waals surface area contributed by atoms with E-state index in [-0.39, 0.29) is 5.41 Å². The van der Waals surface area contributed by atoms with Gasteiger partial charge in [0.15, 0.2) is 0 Å². The lowest BCUT2D eigenvalue weighted by Gasteiger charge is -2.34. The lowest BCUT2D eigenvalue weighted by Crippen LogP contribution is -2.49. The van der Waals surface area contributed by atoms with Crippen LogP contribution in [-0.2, 0) is 15.6 Å². The van der Waals surface area contributed by atoms with Crippen LogP contribution in [0.15, 0.2) is 24.3 Å². The van der Waals surface area contributed by atoms with Crippen molar-refractivity contribution in [1.29, 1.82) is 0 Å². The molecule has 104 valence electrons. The van der Waals surface area contributed by atoms with Gasteiger partial charge in [-0.3, -0.25) is 4.79 Å². The zero-order valence-corrected chi connectivity index (χ0v) is 12.0. The van der Waals surface area contributed by atoms with Crippen molar-refractivity contribution in [2.24, 2.45) is 0 Å². The molecule has 2 rings (SSSR count). The molecule has 1 aliphatic heterocycles. The molecule has 0 saturated carbocycles. The summed E-state index contributed by atoms with van der Waals surface area (Å²) in [6.45, 7) is 7.93. The van der Waals surface area contributed by atoms with Gasteiger partial charge in [0.2, 0.25) is 0 Å². The number of aliphatic carboxylic acids is 1. The van der Waals surface area contributed by atoms with Crippen LogP contribution in [0.1, 0.15) is 44.7 Å². The second kappa shape index (κ2) is 4.97. The van der Waals surface area contributed by atoms with Gasteiger partial charge in [-0.25, -0.2) is 0 Å². The van der Waals surface area contributed by atoms with Crippen LogP contribution in [0.25, 0.3) is 0 Å². The number of piperidine rings is 1. The number of carbonyl (C=O) groups is 1. The second-order valence-electron chi connectivity index (χ2n) is 6.49. The summed E-state index contributed by atoms with van der Waals surface area (Å²) in [7, 11) is 0. The predicted molar refractivity (Wildman–Crippen MR) is 76.6 cm³/mol. The number of benzene rings is 1. The van der Waals surface area contributed by atoms with Crippen molar-refractivity contribution in [3.8, 4) is 0 Å². The van der Waals surface area contributed by atoms with Gasteiger partial charge in [0, 0.05) is 6.54 Å². The molecule has 1 aliphatic rings. The third kappa shape index (κ3) is 2.66. The van der Waals surface area contributed by atoms with Crippen molar-refractivity contribution in [1.82, 2.24) is 5.32 Å². The lowest BCUT2D eigenvalue weighted by molar-refractivity contribution is -0.144. The van der Waals surface area contributed by atoms with Crippen LogP contribution in [-0.4, -0.2) is 24.2 Å². The average molecular weight is 261 g/mol. The van der Waals surface area contributed by atoms with E-state index in [1.54, 1.807) is 0 Å². The minimum absolute atomic E-state index is 0.0970. The lowest BCUT2D eigenvalue weighted by atomic mass is 9.74. The van der Waals surface area contributed by atoms with Crippen molar-refractivity contribution in [3.05, 3.63) is 35.4 Å². The fourth-order valence-electron chi connectivity index (χ4n) is 2.75. The topological polar surface area (TPSA) is 49.3 Å². The van der Waals surface area contributed by atoms with Crippen LogP contribution < -0.4 is 5.32 Å². The van der Waals surface area contributed by atoms with Crippen molar-refractivity contribution < 1.29 is 9.90 Å². The van der Waals surface area contributed by atoms with Crippen molar-refractivity contribution in [2.75, 3.05) is 13.1 Å². The van der Waals surface area contributed by atoms with E-state index in [9.17, 15) is 9.90 Å². The van der Waals surface area contributed by atoms with E-state index in [0.29, 0.717) is 13.0 Å². The highest BCUT2D eigenvalue weighted by Crippen LogP contribution is 2.33. The van der Waals surface area contributed by atoms with Gasteiger partial charge >= 0.3 is 5.97 Å². The van der Waals surface area contributed by atoms with Gasteiger partial charge in [-0.05, 0) is 35.9 Å². The Bertz CT molecular complexity index is 451. The van der Waals surface area contributed by atoms with E-state index in [2.05, 4.69) is 38.2 Å². The highest BCUT2D eigenvalue weighted by molar-refractivity contribution is 5.82. The van der Waals surface area contributed by atoms with E-state index < -0.39 is 11.4 Å². The molecule has 1 fully saturated rings. The van der Waals surface area contributed by atoms with Gasteiger partial charge in [-0.1, -0.05) is 45.0 Å². The molecule has 19 heavy (non-hydrogen) atoms. The number of rotatable bonds is 2. The van der Waals surface area contributed by atoms with E-state index in [4.69, 9.17) is 0 Å². The fourth-order valence-corrected chi connectivity index (χ4v) is 2.75. The molecule has 1 atom stereocenters. The van der Waals surface area contributed by atoms with Gasteiger partial charge in [0.25, 0.3) is 0 Å². The highest BCUT2D eigenvalue weighted by Gasteiger charge is 2.41. The maximum Gasteiger partial charge on any atom is 0.315 e. The van der Waals surface area contributed by atoms with E-state index in [1.165, 1.54) is 5.56 Å². The summed E-state index contributed by atoms with van der Waals surface area (Å²) in [6, 6.07) is 8.10. The highest BCUT2D eigenvalue weighted by atomic mass is 16.4. The molecular weight excluding hydrogens is 238 g/mol. The third-order valence-electron chi connectivity index (χ3n) is 4.10. The Morgan fingerprint density at radius 1 is 1.26 bits per heavy atom. The molecule has 1 aromatic rings. The van der Waals surface area contributed by atoms with Crippen LogP contribution in [0.2, 0.25) is 0 Å². The zero-order chi connectivity index (χ0) is 14.1. The Morgan fingerprint density at radius 2 is 1.89 bits per heavy atom. The normalized spacial score (nSPS) is 24.2. The summed E-state index contributed by atoms with van der Waals surface area (Å²) in [6.07, 6.45) is 1.62. The number of carboxylic acids is 1. The summed E-state index contributed by atoms with van der Waals surface area (Å²) < 4.78 is 0. The fraction of sp³-hybridized carbons (Fsp3) is 0.562. The largest absolute Gasteiger partial charge is 0.481 e. The Hall–Kier alpha value is -1.35. The van der Waals surface area contributed by atoms with Gasteiger partial charge in [0.1, 0.15) is 5.41 Å². The minimum atomic E-state index is -0.755. The first-order chi connectivity index (χ1) is 8.86. The molecule has 0 amide bonds. The molecule has 2 N–H and O–H groups in total. The second-order valence-corrected chi connectivity index (χ2v) is 6.49. The molecule has 0 spiro atoms. The molecule has 1 aromatic carbocycles. The molecule has 1 heterocycles. The quantitative estimate of drug-likeness (QED) is 0.860. The molecule has 0 aliphatic carbocycles. The first-order valence-electron chi connectivity index (χ1n) is 6.91. The van der Waals surface area contributed by atoms with Crippen LogP contribution in [0.5, 0.6) is 0 Å². The molecule has 0 radical (unpaired) electrons. The van der Waals surface area contributed by atoms with E-state index in [1.807, 2.05) is 12.1 Å². The molecular formula is C16H23NO2. The summed E-state index contributed by atoms with van der Waals surface area (Å²) in [5.74, 6) is -0.719. The minimum Gasteiger partial charge on any atom is -0.481 e. The zero-order valence-electron chi connectivity index (χ0n) is 12.0. The first kappa shape index (κ1) is 14.1. The van der Waals surface area contributed by atoms with E-state index >= 15 is 0 Å². The first-order valence-corrected chi connectivity index (χ1v) is 6.91. The number of nitrogens with one attached hydrogen (secondary N) is 1. The Kier molecular flexibility index (Phi) is 3.68. The third-order valence-corrected chi connectivity index (χ3v) is 4.10. The molecule has 3 nitrogen and oxygen atoms in total. The van der Waals surface area contributed by atoms with Crippen LogP contribution in [0.3, 0.4) is 0 Å². The van der Waals surface area contributed by atoms with Gasteiger partial charge in [-0.15, -0.1) is 0 Å². The van der Waals surface area contributed by atoms with Crippen molar-refractivity contribution >= 4 is 5.97 Å². The Morgan fingerprint density at radius 3 is 2.32 bits per heavy atom. The Balaban J connectivity index is 2.36. The maximum atomic E-state index is 11.7. The smallest absolute Gasteiger partial charge is 0.315 e. The van der Waals surface area contributed by atoms with Crippen LogP contribution >= 0.6 is 0 Å². The maximum absolute atomic E-state index is 11.7. The standard InChI is InChI=1S/C16H23NO2/c1-15(2,3)12-5-7-13(8-6-12)16(14(18)19)9-4-10-17-11-16/h5-8,17H,4,9-11H2,1-3H3,(H,18,19).